The molecular weight excluding hydrogens is 326 g/mol. The van der Waals surface area contributed by atoms with Crippen molar-refractivity contribution in [3.05, 3.63) is 58.0 Å². The van der Waals surface area contributed by atoms with E-state index in [0.29, 0.717) is 0 Å². The highest BCUT2D eigenvalue weighted by molar-refractivity contribution is 7.13. The third-order valence-corrected chi connectivity index (χ3v) is 5.64. The summed E-state index contributed by atoms with van der Waals surface area (Å²) in [4.78, 5) is 11.6. The lowest BCUT2D eigenvalue weighted by molar-refractivity contribution is -0.0333. The molecule has 1 aromatic carbocycles. The van der Waals surface area contributed by atoms with E-state index in [1.165, 1.54) is 5.56 Å². The molecule has 1 aliphatic heterocycles. The molecule has 4 rings (SSSR count). The van der Waals surface area contributed by atoms with Crippen LogP contribution in [-0.2, 0) is 11.3 Å². The van der Waals surface area contributed by atoms with E-state index >= 15 is 0 Å². The Hall–Kier alpha value is -1.60. The van der Waals surface area contributed by atoms with E-state index in [1.54, 1.807) is 22.7 Å². The van der Waals surface area contributed by atoms with Gasteiger partial charge < -0.3 is 4.74 Å². The molecule has 3 heterocycles. The second-order valence-electron chi connectivity index (χ2n) is 5.47. The third-order valence-electron chi connectivity index (χ3n) is 3.84. The highest BCUT2D eigenvalue weighted by atomic mass is 32.1. The van der Waals surface area contributed by atoms with Crippen LogP contribution in [0.2, 0.25) is 0 Å². The van der Waals surface area contributed by atoms with Gasteiger partial charge in [-0.25, -0.2) is 9.97 Å². The zero-order valence-corrected chi connectivity index (χ0v) is 14.2. The van der Waals surface area contributed by atoms with E-state index in [1.807, 2.05) is 17.6 Å². The Kier molecular flexibility index (Phi) is 4.48. The van der Waals surface area contributed by atoms with Gasteiger partial charge in [0.25, 0.3) is 0 Å². The molecule has 3 aromatic rings. The summed E-state index contributed by atoms with van der Waals surface area (Å²) in [6, 6.07) is 10.4. The van der Waals surface area contributed by atoms with Crippen LogP contribution in [0, 0.1) is 0 Å². The Morgan fingerprint density at radius 2 is 2.13 bits per heavy atom. The minimum absolute atomic E-state index is 0.0935. The van der Waals surface area contributed by atoms with Crippen LogP contribution in [0.1, 0.15) is 16.8 Å². The first-order chi connectivity index (χ1) is 11.4. The summed E-state index contributed by atoms with van der Waals surface area (Å²) < 4.78 is 5.85. The van der Waals surface area contributed by atoms with Crippen molar-refractivity contribution in [1.82, 2.24) is 14.9 Å². The summed E-state index contributed by atoms with van der Waals surface area (Å²) >= 11 is 3.37. The molecule has 0 radical (unpaired) electrons. The number of rotatable bonds is 4. The molecule has 0 N–H and O–H groups in total. The van der Waals surface area contributed by atoms with Crippen molar-refractivity contribution in [3.63, 3.8) is 0 Å². The lowest BCUT2D eigenvalue weighted by Gasteiger charge is -2.31. The van der Waals surface area contributed by atoms with Gasteiger partial charge in [-0.15, -0.1) is 22.7 Å². The molecule has 1 fully saturated rings. The smallest absolute Gasteiger partial charge is 0.123 e. The topological polar surface area (TPSA) is 38.2 Å². The Morgan fingerprint density at radius 3 is 2.96 bits per heavy atom. The Morgan fingerprint density at radius 1 is 1.22 bits per heavy atom. The fourth-order valence-electron chi connectivity index (χ4n) is 2.71. The zero-order valence-electron chi connectivity index (χ0n) is 12.6. The fraction of sp³-hybridized carbons (Fsp3) is 0.294. The van der Waals surface area contributed by atoms with Crippen molar-refractivity contribution < 1.29 is 4.74 Å². The van der Waals surface area contributed by atoms with Crippen LogP contribution >= 0.6 is 22.7 Å². The SMILES string of the molecule is c1ccc(-c2nc(CN3CCO[C@H](c4nccs4)C3)cs2)cc1. The van der Waals surface area contributed by atoms with Gasteiger partial charge in [0.1, 0.15) is 16.1 Å². The monoisotopic (exact) mass is 343 g/mol. The van der Waals surface area contributed by atoms with Crippen LogP contribution < -0.4 is 0 Å². The van der Waals surface area contributed by atoms with Crippen LogP contribution in [0.15, 0.2) is 47.3 Å². The van der Waals surface area contributed by atoms with Gasteiger partial charge in [-0.3, -0.25) is 4.90 Å². The minimum atomic E-state index is 0.0935. The maximum atomic E-state index is 5.85. The van der Waals surface area contributed by atoms with E-state index < -0.39 is 0 Å². The van der Waals surface area contributed by atoms with Gasteiger partial charge in [0.05, 0.1) is 12.3 Å². The molecule has 1 saturated heterocycles. The van der Waals surface area contributed by atoms with Crippen LogP contribution in [0.3, 0.4) is 0 Å². The van der Waals surface area contributed by atoms with Crippen LogP contribution in [-0.4, -0.2) is 34.6 Å². The van der Waals surface area contributed by atoms with Crippen LogP contribution in [0.5, 0.6) is 0 Å². The van der Waals surface area contributed by atoms with E-state index in [0.717, 1.165) is 42.0 Å². The van der Waals surface area contributed by atoms with E-state index in [9.17, 15) is 0 Å². The van der Waals surface area contributed by atoms with Gasteiger partial charge in [0, 0.05) is 42.2 Å². The van der Waals surface area contributed by atoms with Gasteiger partial charge >= 0.3 is 0 Å². The molecular formula is C17H17N3OS2. The predicted molar refractivity (Wildman–Crippen MR) is 93.6 cm³/mol. The van der Waals surface area contributed by atoms with Crippen LogP contribution in [0.25, 0.3) is 10.6 Å². The summed E-state index contributed by atoms with van der Waals surface area (Å²) in [6.07, 6.45) is 1.94. The molecule has 2 aromatic heterocycles. The first-order valence-electron chi connectivity index (χ1n) is 7.61. The van der Waals surface area contributed by atoms with Crippen LogP contribution in [0.4, 0.5) is 0 Å². The zero-order chi connectivity index (χ0) is 15.5. The molecule has 0 unspecified atom stereocenters. The number of benzene rings is 1. The van der Waals surface area contributed by atoms with Crippen molar-refractivity contribution in [2.45, 2.75) is 12.6 Å². The highest BCUT2D eigenvalue weighted by Crippen LogP contribution is 2.27. The van der Waals surface area contributed by atoms with E-state index in [4.69, 9.17) is 9.72 Å². The lowest BCUT2D eigenvalue weighted by atomic mass is 10.2. The molecule has 1 atom stereocenters. The Labute approximate surface area is 143 Å². The number of ether oxygens (including phenoxy) is 1. The first kappa shape index (κ1) is 15.0. The molecule has 4 nitrogen and oxygen atoms in total. The number of hydrogen-bond donors (Lipinski definition) is 0. The average molecular weight is 343 g/mol. The Bertz CT molecular complexity index is 742. The van der Waals surface area contributed by atoms with Gasteiger partial charge in [-0.1, -0.05) is 30.3 Å². The maximum absolute atomic E-state index is 5.85. The second kappa shape index (κ2) is 6.88. The molecule has 0 amide bonds. The minimum Gasteiger partial charge on any atom is -0.368 e. The molecule has 0 bridgehead atoms. The summed E-state index contributed by atoms with van der Waals surface area (Å²) in [5.74, 6) is 0. The average Bonchev–Trinajstić information content (AvgIpc) is 3.28. The fourth-order valence-corrected chi connectivity index (χ4v) is 4.21. The number of hydrogen-bond acceptors (Lipinski definition) is 6. The lowest BCUT2D eigenvalue weighted by Crippen LogP contribution is -2.37. The second-order valence-corrected chi connectivity index (χ2v) is 7.26. The van der Waals surface area contributed by atoms with Crippen molar-refractivity contribution in [3.8, 4) is 10.6 Å². The van der Waals surface area contributed by atoms with Gasteiger partial charge in [-0.05, 0) is 0 Å². The summed E-state index contributed by atoms with van der Waals surface area (Å²) in [5, 5.41) is 6.32. The van der Waals surface area contributed by atoms with E-state index in [-0.39, 0.29) is 6.10 Å². The molecule has 1 aliphatic rings. The summed E-state index contributed by atoms with van der Waals surface area (Å²) in [7, 11) is 0. The maximum Gasteiger partial charge on any atom is 0.123 e. The van der Waals surface area contributed by atoms with Gasteiger partial charge in [0.15, 0.2) is 0 Å². The molecule has 0 spiro atoms. The third kappa shape index (κ3) is 3.50. The molecule has 23 heavy (non-hydrogen) atoms. The van der Waals surface area contributed by atoms with Crippen molar-refractivity contribution in [2.75, 3.05) is 19.7 Å². The molecule has 0 saturated carbocycles. The number of aromatic nitrogens is 2. The standard InChI is InChI=1S/C17H17N3OS2/c1-2-4-13(5-3-1)16-19-14(12-23-16)10-20-7-8-21-15(11-20)17-18-6-9-22-17/h1-6,9,12,15H,7-8,10-11H2/t15-/m0/s1. The Balaban J connectivity index is 1.43. The van der Waals surface area contributed by atoms with E-state index in [2.05, 4.69) is 39.5 Å². The molecule has 0 aliphatic carbocycles. The number of morpholine rings is 1. The van der Waals surface area contributed by atoms with Crippen molar-refractivity contribution in [2.24, 2.45) is 0 Å². The van der Waals surface area contributed by atoms with Gasteiger partial charge in [0.2, 0.25) is 0 Å². The van der Waals surface area contributed by atoms with Crippen molar-refractivity contribution >= 4 is 22.7 Å². The quantitative estimate of drug-likeness (QED) is 0.721. The first-order valence-corrected chi connectivity index (χ1v) is 9.37. The number of thiazole rings is 2. The van der Waals surface area contributed by atoms with Gasteiger partial charge in [-0.2, -0.15) is 0 Å². The summed E-state index contributed by atoms with van der Waals surface area (Å²) in [5.41, 5.74) is 2.32. The molecule has 118 valence electrons. The van der Waals surface area contributed by atoms with Crippen molar-refractivity contribution in [1.29, 1.82) is 0 Å². The highest BCUT2D eigenvalue weighted by Gasteiger charge is 2.24. The summed E-state index contributed by atoms with van der Waals surface area (Å²) in [6.45, 7) is 3.44. The molecule has 6 heteroatoms. The predicted octanol–water partition coefficient (Wildman–Crippen LogP) is 3.84. The number of nitrogens with zero attached hydrogens (tertiary/aromatic N) is 3. The largest absolute Gasteiger partial charge is 0.368 e. The normalized spacial score (nSPS) is 19.0.